The van der Waals surface area contributed by atoms with E-state index in [0.29, 0.717) is 11.7 Å². The van der Waals surface area contributed by atoms with Crippen LogP contribution in [-0.4, -0.2) is 50.0 Å². The molecule has 0 atom stereocenters. The summed E-state index contributed by atoms with van der Waals surface area (Å²) in [6.07, 6.45) is 3.73. The fraction of sp³-hybridized carbons (Fsp3) is 0.346. The number of fused-ring (bicyclic) bond motifs is 1. The van der Waals surface area contributed by atoms with Crippen molar-refractivity contribution < 1.29 is 28.6 Å². The van der Waals surface area contributed by atoms with Crippen molar-refractivity contribution in [3.8, 4) is 17.2 Å². The highest BCUT2D eigenvalue weighted by atomic mass is 19.1. The Hall–Kier alpha value is -3.92. The van der Waals surface area contributed by atoms with E-state index in [1.54, 1.807) is 24.0 Å². The molecule has 188 valence electrons. The summed E-state index contributed by atoms with van der Waals surface area (Å²) >= 11 is 0. The summed E-state index contributed by atoms with van der Waals surface area (Å²) in [5.41, 5.74) is 0.416. The number of rotatable bonds is 7. The molecule has 2 bridgehead atoms. The Morgan fingerprint density at radius 1 is 1.11 bits per heavy atom. The minimum Gasteiger partial charge on any atom is -0.463 e. The second-order valence-electron chi connectivity index (χ2n) is 9.77. The molecule has 2 aliphatic heterocycles. The van der Waals surface area contributed by atoms with Gasteiger partial charge in [-0.2, -0.15) is 5.10 Å². The summed E-state index contributed by atoms with van der Waals surface area (Å²) in [6, 6.07) is 10.3. The third-order valence-corrected chi connectivity index (χ3v) is 6.24. The van der Waals surface area contributed by atoms with Crippen LogP contribution in [0, 0.1) is 11.7 Å². The number of ether oxygens (including phenoxy) is 2. The maximum atomic E-state index is 15.0. The zero-order chi connectivity index (χ0) is 25.6. The molecule has 3 aromatic rings. The predicted octanol–water partition coefficient (Wildman–Crippen LogP) is 3.95. The molecule has 3 fully saturated rings. The third-order valence-electron chi connectivity index (χ3n) is 6.24. The zero-order valence-electron chi connectivity index (χ0n) is 20.2. The number of carbonyl (C=O) groups excluding carboxylic acids is 2. The number of hydrogen-bond donors (Lipinski definition) is 2. The van der Waals surface area contributed by atoms with Crippen molar-refractivity contribution in [1.29, 1.82) is 0 Å². The normalized spacial score (nSPS) is 18.5. The second kappa shape index (κ2) is 8.94. The van der Waals surface area contributed by atoms with Gasteiger partial charge in [0.05, 0.1) is 0 Å². The Morgan fingerprint density at radius 3 is 2.47 bits per heavy atom. The van der Waals surface area contributed by atoms with Crippen LogP contribution in [-0.2, 0) is 7.05 Å². The van der Waals surface area contributed by atoms with Gasteiger partial charge >= 0.3 is 0 Å². The molecule has 3 aliphatic rings. The lowest BCUT2D eigenvalue weighted by molar-refractivity contribution is -0.104. The number of nitrogens with one attached hydrogen (secondary N) is 1. The first-order chi connectivity index (χ1) is 17.0. The van der Waals surface area contributed by atoms with E-state index in [9.17, 15) is 19.1 Å². The monoisotopic (exact) mass is 494 g/mol. The Balaban J connectivity index is 1.38. The van der Waals surface area contributed by atoms with Gasteiger partial charge in [-0.25, -0.2) is 4.39 Å². The molecular weight excluding hydrogens is 467 g/mol. The highest BCUT2D eigenvalue weighted by Gasteiger charge is 2.45. The number of aryl methyl sites for hydroxylation is 1. The van der Waals surface area contributed by atoms with Crippen molar-refractivity contribution >= 4 is 17.6 Å². The molecule has 0 unspecified atom stereocenters. The molecule has 36 heavy (non-hydrogen) atoms. The van der Waals surface area contributed by atoms with Gasteiger partial charge in [-0.3, -0.25) is 14.3 Å². The molecule has 1 aliphatic carbocycles. The van der Waals surface area contributed by atoms with Gasteiger partial charge in [0.2, 0.25) is 5.79 Å². The Bertz CT molecular complexity index is 1330. The highest BCUT2D eigenvalue weighted by Crippen LogP contribution is 2.41. The molecule has 9 nitrogen and oxygen atoms in total. The first kappa shape index (κ1) is 23.8. The molecule has 1 saturated carbocycles. The summed E-state index contributed by atoms with van der Waals surface area (Å²) in [4.78, 5) is 27.4. The first-order valence-corrected chi connectivity index (χ1v) is 11.7. The van der Waals surface area contributed by atoms with E-state index in [-0.39, 0.29) is 40.3 Å². The number of benzene rings is 2. The van der Waals surface area contributed by atoms with E-state index in [1.807, 2.05) is 4.90 Å². The number of hydrogen-bond acceptors (Lipinski definition) is 6. The summed E-state index contributed by atoms with van der Waals surface area (Å²) in [5.74, 6) is -1.86. The van der Waals surface area contributed by atoms with Crippen LogP contribution < -0.4 is 14.8 Å². The van der Waals surface area contributed by atoms with Gasteiger partial charge in [-0.15, -0.1) is 0 Å². The topological polar surface area (TPSA) is 106 Å². The summed E-state index contributed by atoms with van der Waals surface area (Å²) < 4.78 is 27.7. The molecule has 6 rings (SSSR count). The lowest BCUT2D eigenvalue weighted by Gasteiger charge is -2.25. The van der Waals surface area contributed by atoms with Crippen LogP contribution in [0.3, 0.4) is 0 Å². The molecule has 2 N–H and O–H groups in total. The molecule has 2 saturated heterocycles. The van der Waals surface area contributed by atoms with Crippen LogP contribution >= 0.6 is 0 Å². The second-order valence-corrected chi connectivity index (χ2v) is 9.77. The van der Waals surface area contributed by atoms with Gasteiger partial charge < -0.3 is 24.8 Å². The van der Waals surface area contributed by atoms with E-state index in [1.165, 1.54) is 50.2 Å². The quantitative estimate of drug-likeness (QED) is 0.482. The third kappa shape index (κ3) is 5.03. The number of aromatic nitrogens is 2. The van der Waals surface area contributed by atoms with Crippen LogP contribution in [0.4, 0.5) is 10.2 Å². The average molecular weight is 495 g/mol. The number of amides is 2. The van der Waals surface area contributed by atoms with Crippen molar-refractivity contribution in [2.24, 2.45) is 13.0 Å². The van der Waals surface area contributed by atoms with E-state index in [4.69, 9.17) is 9.47 Å². The Labute approximate surface area is 207 Å². The van der Waals surface area contributed by atoms with Crippen LogP contribution in [0.5, 0.6) is 17.2 Å². The smallest absolute Gasteiger partial charge is 0.257 e. The lowest BCUT2D eigenvalue weighted by atomic mass is 9.86. The van der Waals surface area contributed by atoms with Crippen LogP contribution in [0.25, 0.3) is 0 Å². The van der Waals surface area contributed by atoms with Crippen molar-refractivity contribution in [3.05, 3.63) is 65.6 Å². The van der Waals surface area contributed by atoms with Gasteiger partial charge in [0, 0.05) is 62.9 Å². The summed E-state index contributed by atoms with van der Waals surface area (Å²) in [5, 5.41) is 16.9. The number of halogens is 1. The zero-order valence-corrected chi connectivity index (χ0v) is 20.2. The number of nitrogens with zero attached hydrogens (tertiary/aromatic N) is 3. The lowest BCUT2D eigenvalue weighted by Crippen LogP contribution is -2.34. The molecule has 2 amide bonds. The molecule has 3 heterocycles. The minimum absolute atomic E-state index is 0.112. The van der Waals surface area contributed by atoms with Crippen LogP contribution in [0.2, 0.25) is 0 Å². The molecule has 0 spiro atoms. The fourth-order valence-corrected chi connectivity index (χ4v) is 4.57. The Morgan fingerprint density at radius 2 is 1.86 bits per heavy atom. The fourth-order valence-electron chi connectivity index (χ4n) is 4.57. The van der Waals surface area contributed by atoms with Crippen molar-refractivity contribution in [2.75, 3.05) is 11.9 Å². The maximum absolute atomic E-state index is 15.0. The summed E-state index contributed by atoms with van der Waals surface area (Å²) in [6.45, 7) is 3.60. The summed E-state index contributed by atoms with van der Waals surface area (Å²) in [7, 11) is 1.72. The van der Waals surface area contributed by atoms with Crippen molar-refractivity contribution in [3.63, 3.8) is 0 Å². The van der Waals surface area contributed by atoms with Crippen LogP contribution in [0.15, 0.2) is 48.7 Å². The van der Waals surface area contributed by atoms with Gasteiger partial charge in [-0.05, 0) is 49.1 Å². The number of carbonyl (C=O) groups is 2. The van der Waals surface area contributed by atoms with E-state index < -0.39 is 17.5 Å². The molecule has 2 aromatic carbocycles. The SMILES string of the molecule is Cn1ccc(NC(=O)c2cc(Oc3ccc(C(=O)N4CC5CC4C5)cc3F)cc(OC(C)(C)O)c2)n1. The van der Waals surface area contributed by atoms with Gasteiger partial charge in [0.1, 0.15) is 11.5 Å². The molecule has 1 aromatic heterocycles. The standard InChI is InChI=1S/C26H27FN4O5/c1-26(2,34)36-20-11-17(24(32)28-23-6-7-30(3)29-23)10-19(13-20)35-22-5-4-16(12-21(22)27)25(33)31-14-15-8-18(31)9-15/h4-7,10-13,15,18,34H,8-9,14H2,1-3H3,(H,28,29,32). The largest absolute Gasteiger partial charge is 0.463 e. The van der Waals surface area contributed by atoms with Crippen LogP contribution in [0.1, 0.15) is 47.4 Å². The van der Waals surface area contributed by atoms with E-state index in [0.717, 1.165) is 19.4 Å². The Kier molecular flexibility index (Phi) is 5.91. The average Bonchev–Trinajstić information content (AvgIpc) is 3.49. The van der Waals surface area contributed by atoms with Crippen molar-refractivity contribution in [1.82, 2.24) is 14.7 Å². The van der Waals surface area contributed by atoms with Gasteiger partial charge in [0.15, 0.2) is 17.4 Å². The van der Waals surface area contributed by atoms with E-state index in [2.05, 4.69) is 10.4 Å². The maximum Gasteiger partial charge on any atom is 0.257 e. The highest BCUT2D eigenvalue weighted by molar-refractivity contribution is 6.04. The van der Waals surface area contributed by atoms with E-state index >= 15 is 0 Å². The molecule has 0 radical (unpaired) electrons. The van der Waals surface area contributed by atoms with Gasteiger partial charge in [-0.1, -0.05) is 0 Å². The first-order valence-electron chi connectivity index (χ1n) is 11.7. The van der Waals surface area contributed by atoms with Gasteiger partial charge in [0.25, 0.3) is 11.8 Å². The molecular formula is C26H27FN4O5. The predicted molar refractivity (Wildman–Crippen MR) is 129 cm³/mol. The minimum atomic E-state index is -1.53. The number of anilines is 1. The molecule has 10 heteroatoms. The van der Waals surface area contributed by atoms with Crippen molar-refractivity contribution in [2.45, 2.75) is 38.5 Å². The number of aliphatic hydroxyl groups is 1.